The van der Waals surface area contributed by atoms with E-state index in [1.165, 1.54) is 4.88 Å². The Kier molecular flexibility index (Phi) is 11.4. The fourth-order valence-electron chi connectivity index (χ4n) is 3.92. The number of nitrogens with zero attached hydrogens (tertiary/aromatic N) is 3. The van der Waals surface area contributed by atoms with Gasteiger partial charge in [-0.1, -0.05) is 36.7 Å². The maximum Gasteiger partial charge on any atom is 0.322 e. The number of halogens is 3. The molecule has 0 saturated carbocycles. The fourth-order valence-corrected chi connectivity index (χ4v) is 5.26. The third kappa shape index (κ3) is 6.84. The molecule has 3 heterocycles. The summed E-state index contributed by atoms with van der Waals surface area (Å²) < 4.78 is 5.39. The Labute approximate surface area is 217 Å². The topological polar surface area (TPSA) is 57.2 Å². The number of thiophene rings is 1. The van der Waals surface area contributed by atoms with E-state index in [0.29, 0.717) is 24.7 Å². The van der Waals surface area contributed by atoms with Crippen LogP contribution in [0.15, 0.2) is 35.3 Å². The molecule has 0 atom stereocenters. The summed E-state index contributed by atoms with van der Waals surface area (Å²) in [5.74, 6) is 0. The van der Waals surface area contributed by atoms with Gasteiger partial charge in [-0.05, 0) is 31.5 Å². The first-order chi connectivity index (χ1) is 15.2. The average molecular weight is 534 g/mol. The molecule has 0 unspecified atom stereocenters. The zero-order valence-corrected chi connectivity index (χ0v) is 21.9. The smallest absolute Gasteiger partial charge is 0.322 e. The Morgan fingerprint density at radius 2 is 1.94 bits per heavy atom. The van der Waals surface area contributed by atoms with Crippen molar-refractivity contribution in [2.45, 2.75) is 19.8 Å². The van der Waals surface area contributed by atoms with Crippen LogP contribution < -0.4 is 10.2 Å². The Balaban J connectivity index is 0.00000193. The molecule has 1 saturated heterocycles. The van der Waals surface area contributed by atoms with Crippen LogP contribution in [0.1, 0.15) is 29.3 Å². The summed E-state index contributed by atoms with van der Waals surface area (Å²) in [7, 11) is 0. The monoisotopic (exact) mass is 532 g/mol. The van der Waals surface area contributed by atoms with Gasteiger partial charge in [-0.3, -0.25) is 14.8 Å². The highest BCUT2D eigenvalue weighted by Crippen LogP contribution is 2.36. The summed E-state index contributed by atoms with van der Waals surface area (Å²) in [5.41, 5.74) is 2.79. The van der Waals surface area contributed by atoms with Gasteiger partial charge in [0.05, 0.1) is 25.5 Å². The van der Waals surface area contributed by atoms with E-state index in [-0.39, 0.29) is 30.8 Å². The first-order valence-corrected chi connectivity index (χ1v) is 12.1. The third-order valence-corrected chi connectivity index (χ3v) is 7.24. The van der Waals surface area contributed by atoms with E-state index in [1.54, 1.807) is 11.3 Å². The van der Waals surface area contributed by atoms with E-state index >= 15 is 0 Å². The number of ether oxygens (including phenoxy) is 1. The summed E-state index contributed by atoms with van der Waals surface area (Å²) in [4.78, 5) is 23.4. The number of morpholine rings is 1. The Bertz CT molecular complexity index is 948. The number of anilines is 1. The number of amides is 2. The molecular weight excluding hydrogens is 503 g/mol. The summed E-state index contributed by atoms with van der Waals surface area (Å²) in [6.07, 6.45) is 1.85. The van der Waals surface area contributed by atoms with Gasteiger partial charge in [-0.15, -0.1) is 36.2 Å². The molecule has 4 rings (SSSR count). The quantitative estimate of drug-likeness (QED) is 0.538. The second kappa shape index (κ2) is 13.5. The highest BCUT2D eigenvalue weighted by Gasteiger charge is 2.27. The maximum absolute atomic E-state index is 13.1. The molecule has 2 aliphatic rings. The number of aryl methyl sites for hydroxylation is 1. The lowest BCUT2D eigenvalue weighted by Gasteiger charge is -2.26. The Hall–Kier alpha value is -1.35. The van der Waals surface area contributed by atoms with E-state index in [0.717, 1.165) is 67.5 Å². The van der Waals surface area contributed by atoms with Gasteiger partial charge in [0.2, 0.25) is 0 Å². The van der Waals surface area contributed by atoms with Crippen molar-refractivity contribution in [2.75, 3.05) is 57.4 Å². The lowest BCUT2D eigenvalue weighted by molar-refractivity contribution is 0.0375. The summed E-state index contributed by atoms with van der Waals surface area (Å²) in [6, 6.07) is 9.88. The van der Waals surface area contributed by atoms with Crippen molar-refractivity contribution in [3.8, 4) is 0 Å². The van der Waals surface area contributed by atoms with Gasteiger partial charge in [-0.2, -0.15) is 0 Å². The Morgan fingerprint density at radius 3 is 2.67 bits per heavy atom. The first kappa shape index (κ1) is 27.9. The van der Waals surface area contributed by atoms with Crippen LogP contribution in [0.3, 0.4) is 0 Å². The standard InChI is InChI=1S/C23H29ClN4O2S.2ClH/c1-2-17-16-19-21(18-6-3-4-7-20(18)24)25-9-11-28(22(19)31-17)23(29)26-8-5-10-27-12-14-30-15-13-27;;/h3-4,6-7,16H,2,5,8-15H2,1H3,(H,26,29);2*1H. The summed E-state index contributed by atoms with van der Waals surface area (Å²) in [5, 5.41) is 4.75. The highest BCUT2D eigenvalue weighted by atomic mass is 35.5. The van der Waals surface area contributed by atoms with Crippen LogP contribution in [0, 0.1) is 0 Å². The van der Waals surface area contributed by atoms with Crippen molar-refractivity contribution >= 4 is 64.5 Å². The van der Waals surface area contributed by atoms with Gasteiger partial charge >= 0.3 is 6.03 Å². The minimum absolute atomic E-state index is 0. The number of benzene rings is 1. The number of hydrogen-bond donors (Lipinski definition) is 1. The SMILES string of the molecule is CCc1cc2c(s1)N(C(=O)NCCCN1CCOCC1)CCN=C2c1ccccc1Cl.Cl.Cl. The van der Waals surface area contributed by atoms with E-state index in [4.69, 9.17) is 21.3 Å². The number of aliphatic imine (C=N–C) groups is 1. The van der Waals surface area contributed by atoms with Gasteiger partial charge in [0, 0.05) is 47.2 Å². The summed E-state index contributed by atoms with van der Waals surface area (Å²) in [6.45, 7) is 8.42. The number of rotatable bonds is 6. The molecule has 1 aromatic carbocycles. The predicted octanol–water partition coefficient (Wildman–Crippen LogP) is 4.90. The number of nitrogens with one attached hydrogen (secondary N) is 1. The van der Waals surface area contributed by atoms with Crippen molar-refractivity contribution in [3.63, 3.8) is 0 Å². The highest BCUT2D eigenvalue weighted by molar-refractivity contribution is 7.16. The zero-order chi connectivity index (χ0) is 21.6. The molecule has 0 radical (unpaired) electrons. The number of carbonyl (C=O) groups is 1. The van der Waals surface area contributed by atoms with E-state index in [9.17, 15) is 4.79 Å². The molecule has 2 aliphatic heterocycles. The maximum atomic E-state index is 13.1. The van der Waals surface area contributed by atoms with Crippen LogP contribution in [0.2, 0.25) is 5.02 Å². The summed E-state index contributed by atoms with van der Waals surface area (Å²) >= 11 is 8.15. The molecular formula is C23H31Cl3N4O2S. The van der Waals surface area contributed by atoms with Gasteiger partial charge in [0.1, 0.15) is 5.00 Å². The van der Waals surface area contributed by atoms with E-state index in [1.807, 2.05) is 29.2 Å². The largest absolute Gasteiger partial charge is 0.379 e. The van der Waals surface area contributed by atoms with E-state index in [2.05, 4.69) is 23.2 Å². The molecule has 0 bridgehead atoms. The predicted molar refractivity (Wildman–Crippen MR) is 143 cm³/mol. The molecule has 0 spiro atoms. The molecule has 182 valence electrons. The number of fused-ring (bicyclic) bond motifs is 1. The second-order valence-electron chi connectivity index (χ2n) is 7.69. The van der Waals surface area contributed by atoms with Crippen molar-refractivity contribution in [2.24, 2.45) is 4.99 Å². The molecule has 1 N–H and O–H groups in total. The van der Waals surface area contributed by atoms with Crippen LogP contribution in [-0.2, 0) is 11.2 Å². The molecule has 10 heteroatoms. The minimum Gasteiger partial charge on any atom is -0.379 e. The van der Waals surface area contributed by atoms with Crippen molar-refractivity contribution in [3.05, 3.63) is 51.4 Å². The van der Waals surface area contributed by atoms with Crippen LogP contribution >= 0.6 is 47.8 Å². The van der Waals surface area contributed by atoms with Crippen molar-refractivity contribution in [1.82, 2.24) is 10.2 Å². The van der Waals surface area contributed by atoms with E-state index < -0.39 is 0 Å². The van der Waals surface area contributed by atoms with Gasteiger partial charge < -0.3 is 10.1 Å². The van der Waals surface area contributed by atoms with Crippen LogP contribution in [0.4, 0.5) is 9.80 Å². The zero-order valence-electron chi connectivity index (χ0n) is 18.7. The normalized spacial score (nSPS) is 16.1. The average Bonchev–Trinajstić information content (AvgIpc) is 3.14. The Morgan fingerprint density at radius 1 is 1.18 bits per heavy atom. The van der Waals surface area contributed by atoms with Crippen molar-refractivity contribution in [1.29, 1.82) is 0 Å². The molecule has 2 aromatic rings. The lowest BCUT2D eigenvalue weighted by atomic mass is 10.0. The molecule has 6 nitrogen and oxygen atoms in total. The fraction of sp³-hybridized carbons (Fsp3) is 0.478. The number of urea groups is 1. The van der Waals surface area contributed by atoms with Crippen molar-refractivity contribution < 1.29 is 9.53 Å². The minimum atomic E-state index is -0.0525. The van der Waals surface area contributed by atoms with Gasteiger partial charge in [-0.25, -0.2) is 4.79 Å². The molecule has 2 amide bonds. The number of carbonyl (C=O) groups excluding carboxylic acids is 1. The lowest BCUT2D eigenvalue weighted by Crippen LogP contribution is -2.42. The molecule has 1 aromatic heterocycles. The third-order valence-electron chi connectivity index (χ3n) is 5.61. The van der Waals surface area contributed by atoms with Crippen LogP contribution in [-0.4, -0.2) is 69.1 Å². The van der Waals surface area contributed by atoms with Gasteiger partial charge in [0.25, 0.3) is 0 Å². The second-order valence-corrected chi connectivity index (χ2v) is 9.21. The van der Waals surface area contributed by atoms with Crippen LogP contribution in [0.25, 0.3) is 0 Å². The van der Waals surface area contributed by atoms with Gasteiger partial charge in [0.15, 0.2) is 0 Å². The molecule has 33 heavy (non-hydrogen) atoms. The number of hydrogen-bond acceptors (Lipinski definition) is 5. The molecule has 1 fully saturated rings. The van der Waals surface area contributed by atoms with Crippen LogP contribution in [0.5, 0.6) is 0 Å². The molecule has 0 aliphatic carbocycles. The first-order valence-electron chi connectivity index (χ1n) is 10.9.